The molecule has 0 aliphatic heterocycles. The molecule has 114 valence electrons. The van der Waals surface area contributed by atoms with Crippen molar-refractivity contribution in [2.75, 3.05) is 0 Å². The Hall–Kier alpha value is -0.0400. The lowest BCUT2D eigenvalue weighted by Crippen LogP contribution is -2.65. The molecular weight excluding hydrogens is 242 g/mol. The average molecular weight is 276 g/mol. The van der Waals surface area contributed by atoms with Crippen LogP contribution in [0.1, 0.15) is 78.1 Å². The number of quaternary nitrogens is 1. The molecular formula is C19H34N+. The Morgan fingerprint density at radius 3 is 2.55 bits per heavy atom. The van der Waals surface area contributed by atoms with Crippen molar-refractivity contribution < 1.29 is 5.73 Å². The van der Waals surface area contributed by atoms with Crippen molar-refractivity contribution in [1.29, 1.82) is 0 Å². The summed E-state index contributed by atoms with van der Waals surface area (Å²) < 4.78 is 0. The van der Waals surface area contributed by atoms with Gasteiger partial charge in [-0.3, -0.25) is 0 Å². The number of fused-ring (bicyclic) bond motifs is 5. The summed E-state index contributed by atoms with van der Waals surface area (Å²) >= 11 is 0. The SMILES string of the molecule is C[C@@]12CCC[C@H]1[C@@H]1CC[C@H]3C[C@H]([NH3+])CC[C@]3(C)[C@H]1CC2. The third kappa shape index (κ3) is 1.77. The molecule has 0 unspecified atom stereocenters. The minimum atomic E-state index is 0.682. The predicted molar refractivity (Wildman–Crippen MR) is 83.0 cm³/mol. The Balaban J connectivity index is 1.62. The van der Waals surface area contributed by atoms with E-state index in [-0.39, 0.29) is 0 Å². The molecule has 4 rings (SSSR count). The van der Waals surface area contributed by atoms with Gasteiger partial charge in [-0.2, -0.15) is 0 Å². The van der Waals surface area contributed by atoms with Crippen molar-refractivity contribution >= 4 is 0 Å². The summed E-state index contributed by atoms with van der Waals surface area (Å²) in [6.45, 7) is 5.31. The largest absolute Gasteiger partial charge is 0.355 e. The van der Waals surface area contributed by atoms with E-state index in [1.54, 1.807) is 19.3 Å². The van der Waals surface area contributed by atoms with E-state index in [0.717, 1.165) is 35.1 Å². The second kappa shape index (κ2) is 4.48. The molecule has 4 aliphatic carbocycles. The molecule has 4 fully saturated rings. The zero-order valence-electron chi connectivity index (χ0n) is 13.7. The van der Waals surface area contributed by atoms with Crippen LogP contribution in [0.5, 0.6) is 0 Å². The first-order valence-corrected chi connectivity index (χ1v) is 9.36. The summed E-state index contributed by atoms with van der Waals surface area (Å²) in [5.41, 5.74) is 5.80. The minimum Gasteiger partial charge on any atom is -0.355 e. The summed E-state index contributed by atoms with van der Waals surface area (Å²) in [6.07, 6.45) is 15.1. The highest BCUT2D eigenvalue weighted by molar-refractivity contribution is 5.07. The lowest BCUT2D eigenvalue weighted by atomic mass is 9.45. The van der Waals surface area contributed by atoms with Crippen molar-refractivity contribution in [2.45, 2.75) is 84.1 Å². The van der Waals surface area contributed by atoms with E-state index in [1.165, 1.54) is 44.9 Å². The summed E-state index contributed by atoms with van der Waals surface area (Å²) in [5.74, 6) is 4.23. The molecule has 0 aromatic rings. The fourth-order valence-electron chi connectivity index (χ4n) is 7.34. The Morgan fingerprint density at radius 1 is 0.850 bits per heavy atom. The van der Waals surface area contributed by atoms with Gasteiger partial charge in [-0.05, 0) is 85.9 Å². The quantitative estimate of drug-likeness (QED) is 0.692. The molecule has 3 N–H and O–H groups in total. The van der Waals surface area contributed by atoms with Crippen LogP contribution < -0.4 is 5.73 Å². The molecule has 1 heteroatoms. The highest BCUT2D eigenvalue weighted by Crippen LogP contribution is 2.65. The van der Waals surface area contributed by atoms with Crippen LogP contribution in [-0.2, 0) is 0 Å². The van der Waals surface area contributed by atoms with Crippen LogP contribution in [-0.4, -0.2) is 6.04 Å². The molecule has 0 radical (unpaired) electrons. The smallest absolute Gasteiger partial charge is 0.0846 e. The van der Waals surface area contributed by atoms with Crippen LogP contribution in [0.4, 0.5) is 0 Å². The summed E-state index contributed by atoms with van der Waals surface area (Å²) in [5, 5.41) is 0. The second-order valence-corrected chi connectivity index (χ2v) is 9.38. The van der Waals surface area contributed by atoms with E-state index >= 15 is 0 Å². The normalized spacial score (nSPS) is 58.6. The van der Waals surface area contributed by atoms with Crippen molar-refractivity contribution in [1.82, 2.24) is 0 Å². The monoisotopic (exact) mass is 276 g/mol. The third-order valence-corrected chi connectivity index (χ3v) is 8.56. The fourth-order valence-corrected chi connectivity index (χ4v) is 7.34. The van der Waals surface area contributed by atoms with Gasteiger partial charge in [0.15, 0.2) is 0 Å². The third-order valence-electron chi connectivity index (χ3n) is 8.56. The van der Waals surface area contributed by atoms with Crippen molar-refractivity contribution in [3.05, 3.63) is 0 Å². The standard InChI is InChI=1S/C19H33N/c1-18-9-3-4-16(18)15-6-5-13-12-14(20)7-11-19(13,2)17(15)8-10-18/h13-17H,3-12,20H2,1-2H3/p+1/t13-,14+,15-,16-,17-,18-,19-/m0/s1. The second-order valence-electron chi connectivity index (χ2n) is 9.38. The lowest BCUT2D eigenvalue weighted by molar-refractivity contribution is -0.433. The molecule has 0 aromatic carbocycles. The Kier molecular flexibility index (Phi) is 3.05. The van der Waals surface area contributed by atoms with E-state index in [4.69, 9.17) is 0 Å². The van der Waals surface area contributed by atoms with Crippen LogP contribution in [0.25, 0.3) is 0 Å². The molecule has 0 amide bonds. The van der Waals surface area contributed by atoms with Gasteiger partial charge in [0.25, 0.3) is 0 Å². The molecule has 4 aliphatic rings. The summed E-state index contributed by atoms with van der Waals surface area (Å²) in [6, 6.07) is 0.755. The molecule has 1 nitrogen and oxygen atoms in total. The predicted octanol–water partition coefficient (Wildman–Crippen LogP) is 4.03. The highest BCUT2D eigenvalue weighted by Gasteiger charge is 2.57. The minimum absolute atomic E-state index is 0.682. The van der Waals surface area contributed by atoms with Gasteiger partial charge in [-0.1, -0.05) is 20.3 Å². The lowest BCUT2D eigenvalue weighted by Gasteiger charge is -2.60. The molecule has 7 atom stereocenters. The van der Waals surface area contributed by atoms with Crippen molar-refractivity contribution in [3.63, 3.8) is 0 Å². The van der Waals surface area contributed by atoms with Gasteiger partial charge in [-0.25, -0.2) is 0 Å². The molecule has 0 heterocycles. The number of hydrogen-bond donors (Lipinski definition) is 1. The Bertz CT molecular complexity index is 391. The Morgan fingerprint density at radius 2 is 1.70 bits per heavy atom. The zero-order chi connectivity index (χ0) is 14.0. The number of hydrogen-bond acceptors (Lipinski definition) is 0. The molecule has 0 bridgehead atoms. The van der Waals surface area contributed by atoms with E-state index in [1.807, 2.05) is 0 Å². The van der Waals surface area contributed by atoms with Crippen LogP contribution in [0.3, 0.4) is 0 Å². The van der Waals surface area contributed by atoms with Crippen LogP contribution in [0, 0.1) is 34.5 Å². The van der Waals surface area contributed by atoms with E-state index < -0.39 is 0 Å². The average Bonchev–Trinajstić information content (AvgIpc) is 2.81. The zero-order valence-corrected chi connectivity index (χ0v) is 13.7. The molecule has 0 saturated heterocycles. The molecule has 0 spiro atoms. The van der Waals surface area contributed by atoms with Gasteiger partial charge >= 0.3 is 0 Å². The Labute approximate surface area is 125 Å². The van der Waals surface area contributed by atoms with E-state index in [0.29, 0.717) is 5.41 Å². The van der Waals surface area contributed by atoms with Crippen molar-refractivity contribution in [3.8, 4) is 0 Å². The molecule has 20 heavy (non-hydrogen) atoms. The topological polar surface area (TPSA) is 27.6 Å². The van der Waals surface area contributed by atoms with Gasteiger partial charge in [0.1, 0.15) is 0 Å². The first-order valence-electron chi connectivity index (χ1n) is 9.36. The van der Waals surface area contributed by atoms with Gasteiger partial charge in [-0.15, -0.1) is 0 Å². The van der Waals surface area contributed by atoms with E-state index in [9.17, 15) is 0 Å². The maximum atomic E-state index is 4.39. The maximum Gasteiger partial charge on any atom is 0.0846 e. The fraction of sp³-hybridized carbons (Fsp3) is 1.00. The van der Waals surface area contributed by atoms with Crippen LogP contribution >= 0.6 is 0 Å². The molecule has 4 saturated carbocycles. The van der Waals surface area contributed by atoms with Gasteiger partial charge in [0.05, 0.1) is 6.04 Å². The van der Waals surface area contributed by atoms with Gasteiger partial charge < -0.3 is 5.73 Å². The van der Waals surface area contributed by atoms with E-state index in [2.05, 4.69) is 19.6 Å². The number of rotatable bonds is 0. The first kappa shape index (κ1) is 13.6. The van der Waals surface area contributed by atoms with Gasteiger partial charge in [0, 0.05) is 6.42 Å². The highest BCUT2D eigenvalue weighted by atomic mass is 14.7. The summed E-state index contributed by atoms with van der Waals surface area (Å²) in [7, 11) is 0. The van der Waals surface area contributed by atoms with Crippen molar-refractivity contribution in [2.24, 2.45) is 34.5 Å². The summed E-state index contributed by atoms with van der Waals surface area (Å²) in [4.78, 5) is 0. The maximum absolute atomic E-state index is 4.39. The molecule has 0 aromatic heterocycles. The van der Waals surface area contributed by atoms with Crippen LogP contribution in [0.2, 0.25) is 0 Å². The van der Waals surface area contributed by atoms with Crippen LogP contribution in [0.15, 0.2) is 0 Å². The van der Waals surface area contributed by atoms with Gasteiger partial charge in [0.2, 0.25) is 0 Å². The first-order chi connectivity index (χ1) is 9.53.